The summed E-state index contributed by atoms with van der Waals surface area (Å²) in [7, 11) is 1.54. The SMILES string of the molecule is COCCOC(=O)Nc1cccc(NC(=O)C2CCC2)c1. The Bertz CT molecular complexity index is 500. The van der Waals surface area contributed by atoms with Crippen molar-refractivity contribution in [1.29, 1.82) is 0 Å². The fourth-order valence-electron chi connectivity index (χ4n) is 1.96. The quantitative estimate of drug-likeness (QED) is 0.790. The average molecular weight is 292 g/mol. The number of carbonyl (C=O) groups excluding carboxylic acids is 2. The zero-order valence-electron chi connectivity index (χ0n) is 12.1. The zero-order valence-corrected chi connectivity index (χ0v) is 12.1. The first-order valence-electron chi connectivity index (χ1n) is 7.02. The summed E-state index contributed by atoms with van der Waals surface area (Å²) in [5, 5.41) is 5.46. The summed E-state index contributed by atoms with van der Waals surface area (Å²) in [6, 6.07) is 6.99. The molecule has 0 bridgehead atoms. The van der Waals surface area contributed by atoms with Gasteiger partial charge in [-0.05, 0) is 31.0 Å². The standard InChI is InChI=1S/C15H20N2O4/c1-20-8-9-21-15(19)17-13-7-3-6-12(10-13)16-14(18)11-4-2-5-11/h3,6-7,10-11H,2,4-5,8-9H2,1H3,(H,16,18)(H,17,19). The Labute approximate surface area is 123 Å². The minimum Gasteiger partial charge on any atom is -0.447 e. The molecule has 0 radical (unpaired) electrons. The van der Waals surface area contributed by atoms with Gasteiger partial charge in [0.05, 0.1) is 6.61 Å². The topological polar surface area (TPSA) is 76.7 Å². The molecule has 114 valence electrons. The molecule has 2 N–H and O–H groups in total. The number of anilines is 2. The van der Waals surface area contributed by atoms with Crippen molar-refractivity contribution >= 4 is 23.4 Å². The maximum Gasteiger partial charge on any atom is 0.411 e. The van der Waals surface area contributed by atoms with Crippen molar-refractivity contribution in [2.75, 3.05) is 31.0 Å². The van der Waals surface area contributed by atoms with Crippen molar-refractivity contribution in [2.45, 2.75) is 19.3 Å². The Morgan fingerprint density at radius 2 is 1.90 bits per heavy atom. The molecule has 0 spiro atoms. The van der Waals surface area contributed by atoms with E-state index in [2.05, 4.69) is 10.6 Å². The van der Waals surface area contributed by atoms with Gasteiger partial charge in [0.15, 0.2) is 0 Å². The number of benzene rings is 1. The van der Waals surface area contributed by atoms with Crippen LogP contribution in [0.4, 0.5) is 16.2 Å². The lowest BCUT2D eigenvalue weighted by Crippen LogP contribution is -2.28. The Morgan fingerprint density at radius 1 is 1.19 bits per heavy atom. The smallest absolute Gasteiger partial charge is 0.411 e. The van der Waals surface area contributed by atoms with E-state index in [0.717, 1.165) is 19.3 Å². The maximum atomic E-state index is 11.9. The van der Waals surface area contributed by atoms with E-state index in [1.165, 1.54) is 7.11 Å². The van der Waals surface area contributed by atoms with Crippen molar-refractivity contribution in [3.8, 4) is 0 Å². The molecule has 1 aromatic rings. The van der Waals surface area contributed by atoms with Gasteiger partial charge >= 0.3 is 6.09 Å². The third-order valence-electron chi connectivity index (χ3n) is 3.37. The fourth-order valence-corrected chi connectivity index (χ4v) is 1.96. The maximum absolute atomic E-state index is 11.9. The second-order valence-electron chi connectivity index (χ2n) is 4.95. The lowest BCUT2D eigenvalue weighted by molar-refractivity contribution is -0.122. The van der Waals surface area contributed by atoms with Crippen LogP contribution in [-0.2, 0) is 14.3 Å². The first-order chi connectivity index (χ1) is 10.2. The van der Waals surface area contributed by atoms with Crippen LogP contribution >= 0.6 is 0 Å². The highest BCUT2D eigenvalue weighted by Crippen LogP contribution is 2.28. The molecule has 0 aliphatic heterocycles. The van der Waals surface area contributed by atoms with E-state index in [0.29, 0.717) is 18.0 Å². The Kier molecular flexibility index (Phi) is 5.57. The van der Waals surface area contributed by atoms with E-state index < -0.39 is 6.09 Å². The van der Waals surface area contributed by atoms with Gasteiger partial charge in [-0.3, -0.25) is 10.1 Å². The van der Waals surface area contributed by atoms with Gasteiger partial charge in [0, 0.05) is 24.4 Å². The average Bonchev–Trinajstić information content (AvgIpc) is 2.37. The Morgan fingerprint density at radius 3 is 2.52 bits per heavy atom. The van der Waals surface area contributed by atoms with Gasteiger partial charge in [-0.1, -0.05) is 12.5 Å². The van der Waals surface area contributed by atoms with Crippen LogP contribution in [0.1, 0.15) is 19.3 Å². The highest BCUT2D eigenvalue weighted by atomic mass is 16.6. The number of amides is 2. The molecule has 0 heterocycles. The van der Waals surface area contributed by atoms with E-state index in [9.17, 15) is 9.59 Å². The van der Waals surface area contributed by atoms with Gasteiger partial charge < -0.3 is 14.8 Å². The molecular weight excluding hydrogens is 272 g/mol. The summed E-state index contributed by atoms with van der Waals surface area (Å²) >= 11 is 0. The van der Waals surface area contributed by atoms with Crippen LogP contribution in [0.2, 0.25) is 0 Å². The number of hydrogen-bond donors (Lipinski definition) is 2. The van der Waals surface area contributed by atoms with Crippen molar-refractivity contribution in [3.63, 3.8) is 0 Å². The number of rotatable bonds is 6. The van der Waals surface area contributed by atoms with Crippen LogP contribution in [0.5, 0.6) is 0 Å². The molecule has 0 unspecified atom stereocenters. The van der Waals surface area contributed by atoms with Gasteiger partial charge in [-0.25, -0.2) is 4.79 Å². The van der Waals surface area contributed by atoms with Gasteiger partial charge in [-0.15, -0.1) is 0 Å². The molecule has 21 heavy (non-hydrogen) atoms. The number of hydrogen-bond acceptors (Lipinski definition) is 4. The van der Waals surface area contributed by atoms with Crippen LogP contribution in [0.15, 0.2) is 24.3 Å². The predicted octanol–water partition coefficient (Wildman–Crippen LogP) is 2.62. The second-order valence-corrected chi connectivity index (χ2v) is 4.95. The summed E-state index contributed by atoms with van der Waals surface area (Å²) in [6.45, 7) is 0.547. The molecule has 0 aromatic heterocycles. The van der Waals surface area contributed by atoms with Crippen molar-refractivity contribution in [3.05, 3.63) is 24.3 Å². The van der Waals surface area contributed by atoms with E-state index >= 15 is 0 Å². The lowest BCUT2D eigenvalue weighted by Gasteiger charge is -2.24. The van der Waals surface area contributed by atoms with Crippen LogP contribution in [-0.4, -0.2) is 32.3 Å². The highest BCUT2D eigenvalue weighted by molar-refractivity contribution is 5.94. The van der Waals surface area contributed by atoms with E-state index in [1.54, 1.807) is 24.3 Å². The van der Waals surface area contributed by atoms with Gasteiger partial charge in [0.2, 0.25) is 5.91 Å². The number of carbonyl (C=O) groups is 2. The predicted molar refractivity (Wildman–Crippen MR) is 79.3 cm³/mol. The minimum atomic E-state index is -0.547. The van der Waals surface area contributed by atoms with Crippen LogP contribution < -0.4 is 10.6 Å². The van der Waals surface area contributed by atoms with Crippen molar-refractivity contribution < 1.29 is 19.1 Å². The van der Waals surface area contributed by atoms with Gasteiger partial charge in [-0.2, -0.15) is 0 Å². The molecule has 0 atom stereocenters. The number of nitrogens with one attached hydrogen (secondary N) is 2. The molecule has 1 aliphatic carbocycles. The van der Waals surface area contributed by atoms with E-state index in [4.69, 9.17) is 9.47 Å². The zero-order chi connectivity index (χ0) is 15.1. The molecule has 1 fully saturated rings. The molecule has 6 heteroatoms. The Balaban J connectivity index is 1.85. The van der Waals surface area contributed by atoms with Crippen LogP contribution in [0.25, 0.3) is 0 Å². The monoisotopic (exact) mass is 292 g/mol. The van der Waals surface area contributed by atoms with Gasteiger partial charge in [0.1, 0.15) is 6.61 Å². The molecule has 0 saturated heterocycles. The third kappa shape index (κ3) is 4.75. The molecular formula is C15H20N2O4. The van der Waals surface area contributed by atoms with Gasteiger partial charge in [0.25, 0.3) is 0 Å². The Hall–Kier alpha value is -2.08. The lowest BCUT2D eigenvalue weighted by atomic mass is 9.85. The van der Waals surface area contributed by atoms with Crippen LogP contribution in [0, 0.1) is 5.92 Å². The van der Waals surface area contributed by atoms with Crippen molar-refractivity contribution in [1.82, 2.24) is 0 Å². The summed E-state index contributed by atoms with van der Waals surface area (Å²) in [4.78, 5) is 23.4. The molecule has 2 rings (SSSR count). The van der Waals surface area contributed by atoms with Crippen LogP contribution in [0.3, 0.4) is 0 Å². The largest absolute Gasteiger partial charge is 0.447 e. The summed E-state index contributed by atoms with van der Waals surface area (Å²) in [5.74, 6) is 0.168. The third-order valence-corrected chi connectivity index (χ3v) is 3.37. The second kappa shape index (κ2) is 7.64. The number of methoxy groups -OCH3 is 1. The molecule has 1 aliphatic rings. The molecule has 2 amide bonds. The summed E-state index contributed by atoms with van der Waals surface area (Å²) in [5.41, 5.74) is 1.24. The highest BCUT2D eigenvalue weighted by Gasteiger charge is 2.25. The summed E-state index contributed by atoms with van der Waals surface area (Å²) < 4.78 is 9.70. The first kappa shape index (κ1) is 15.3. The molecule has 1 saturated carbocycles. The van der Waals surface area contributed by atoms with E-state index in [-0.39, 0.29) is 18.4 Å². The van der Waals surface area contributed by atoms with E-state index in [1.807, 2.05) is 0 Å². The van der Waals surface area contributed by atoms with Crippen molar-refractivity contribution in [2.24, 2.45) is 5.92 Å². The normalized spacial score (nSPS) is 14.1. The summed E-state index contributed by atoms with van der Waals surface area (Å²) in [6.07, 6.45) is 2.48. The minimum absolute atomic E-state index is 0.0427. The molecule has 6 nitrogen and oxygen atoms in total. The number of ether oxygens (including phenoxy) is 2. The first-order valence-corrected chi connectivity index (χ1v) is 7.02. The molecule has 1 aromatic carbocycles. The fraction of sp³-hybridized carbons (Fsp3) is 0.467.